The third kappa shape index (κ3) is 3.49. The van der Waals surface area contributed by atoms with Gasteiger partial charge in [0.2, 0.25) is 0 Å². The largest absolute Gasteiger partial charge is 0.328 e. The van der Waals surface area contributed by atoms with E-state index in [1.54, 1.807) is 6.33 Å². The normalized spacial score (nSPS) is 12.2. The average molecular weight is 391 g/mol. The fraction of sp³-hybridized carbons (Fsp3) is 0.435. The van der Waals surface area contributed by atoms with Crippen LogP contribution in [0.4, 0.5) is 0 Å². The molecule has 0 N–H and O–H groups in total. The molecule has 0 aliphatic heterocycles. The lowest BCUT2D eigenvalue weighted by molar-refractivity contribution is 0.731. The van der Waals surface area contributed by atoms with Gasteiger partial charge in [0.25, 0.3) is 0 Å². The summed E-state index contributed by atoms with van der Waals surface area (Å²) in [4.78, 5) is 13.6. The summed E-state index contributed by atoms with van der Waals surface area (Å²) in [6.07, 6.45) is 1.62. The van der Waals surface area contributed by atoms with Crippen LogP contribution in [0.15, 0.2) is 18.5 Å². The third-order valence-corrected chi connectivity index (χ3v) is 10.6. The molecule has 28 heavy (non-hydrogen) atoms. The second-order valence-corrected chi connectivity index (χ2v) is 14.2. The van der Waals surface area contributed by atoms with Crippen LogP contribution in [0.3, 0.4) is 0 Å². The Balaban J connectivity index is 2.10. The minimum Gasteiger partial charge on any atom is -0.328 e. The molecule has 3 rings (SSSR count). The fourth-order valence-corrected chi connectivity index (χ4v) is 4.00. The molecule has 0 aliphatic carbocycles. The van der Waals surface area contributed by atoms with Crippen LogP contribution in [0.25, 0.3) is 22.3 Å². The molecule has 0 bridgehead atoms. The number of pyridine rings is 1. The fourth-order valence-electron chi connectivity index (χ4n) is 3.19. The molecule has 4 nitrogen and oxygen atoms in total. The van der Waals surface area contributed by atoms with Crippen molar-refractivity contribution in [1.82, 2.24) is 19.5 Å². The SMILES string of the molecule is Cc1cc(C#C[Si](C)(C)C(C)(C)C)nc(C)c1-c1cc2c(C)ncnc2n1C. The quantitative estimate of drug-likeness (QED) is 0.415. The van der Waals surface area contributed by atoms with Gasteiger partial charge >= 0.3 is 0 Å². The molecule has 3 aromatic heterocycles. The first-order valence-corrected chi connectivity index (χ1v) is 12.7. The number of aromatic nitrogens is 4. The maximum absolute atomic E-state index is 4.83. The average Bonchev–Trinajstić information content (AvgIpc) is 2.90. The van der Waals surface area contributed by atoms with Gasteiger partial charge in [-0.25, -0.2) is 15.0 Å². The van der Waals surface area contributed by atoms with Crippen molar-refractivity contribution < 1.29 is 0 Å². The molecule has 0 saturated heterocycles. The van der Waals surface area contributed by atoms with E-state index in [2.05, 4.69) is 85.8 Å². The maximum atomic E-state index is 4.83. The highest BCUT2D eigenvalue weighted by Gasteiger charge is 2.33. The number of nitrogens with zero attached hydrogens (tertiary/aromatic N) is 4. The highest BCUT2D eigenvalue weighted by Crippen LogP contribution is 2.35. The van der Waals surface area contributed by atoms with E-state index in [9.17, 15) is 0 Å². The monoisotopic (exact) mass is 390 g/mol. The number of rotatable bonds is 1. The van der Waals surface area contributed by atoms with Crippen LogP contribution >= 0.6 is 0 Å². The molecular formula is C23H30N4Si. The molecule has 5 heteroatoms. The first kappa shape index (κ1) is 20.3. The van der Waals surface area contributed by atoms with E-state index >= 15 is 0 Å². The summed E-state index contributed by atoms with van der Waals surface area (Å²) >= 11 is 0. The zero-order valence-corrected chi connectivity index (χ0v) is 19.5. The zero-order chi connectivity index (χ0) is 20.9. The topological polar surface area (TPSA) is 43.6 Å². The first-order chi connectivity index (χ1) is 12.9. The lowest BCUT2D eigenvalue weighted by atomic mass is 10.0. The van der Waals surface area contributed by atoms with Crippen molar-refractivity contribution in [1.29, 1.82) is 0 Å². The van der Waals surface area contributed by atoms with Crippen LogP contribution in [-0.4, -0.2) is 27.6 Å². The minimum atomic E-state index is -1.66. The van der Waals surface area contributed by atoms with Crippen molar-refractivity contribution in [2.45, 2.75) is 59.7 Å². The van der Waals surface area contributed by atoms with Gasteiger partial charge in [-0.1, -0.05) is 39.8 Å². The van der Waals surface area contributed by atoms with E-state index in [0.29, 0.717) is 0 Å². The summed E-state index contributed by atoms with van der Waals surface area (Å²) in [5.74, 6) is 3.37. The van der Waals surface area contributed by atoms with Gasteiger partial charge in [0, 0.05) is 23.7 Å². The van der Waals surface area contributed by atoms with E-state index in [-0.39, 0.29) is 5.04 Å². The summed E-state index contributed by atoms with van der Waals surface area (Å²) in [6.45, 7) is 17.7. The molecule has 3 aromatic rings. The van der Waals surface area contributed by atoms with Crippen molar-refractivity contribution in [2.75, 3.05) is 0 Å². The van der Waals surface area contributed by atoms with Crippen LogP contribution < -0.4 is 0 Å². The van der Waals surface area contributed by atoms with Crippen LogP contribution in [0.2, 0.25) is 18.1 Å². The molecule has 0 fully saturated rings. The second-order valence-electron chi connectivity index (χ2n) is 9.19. The zero-order valence-electron chi connectivity index (χ0n) is 18.5. The second kappa shape index (κ2) is 6.86. The van der Waals surface area contributed by atoms with Crippen LogP contribution in [0.5, 0.6) is 0 Å². The van der Waals surface area contributed by atoms with Gasteiger partial charge in [0.05, 0.1) is 11.4 Å². The van der Waals surface area contributed by atoms with Crippen molar-refractivity contribution in [2.24, 2.45) is 7.05 Å². The van der Waals surface area contributed by atoms with Crippen molar-refractivity contribution in [3.05, 3.63) is 41.1 Å². The Labute approximate surface area is 169 Å². The van der Waals surface area contributed by atoms with Crippen molar-refractivity contribution >= 4 is 19.1 Å². The predicted octanol–water partition coefficient (Wildman–Crippen LogP) is 5.35. The molecular weight excluding hydrogens is 360 g/mol. The predicted molar refractivity (Wildman–Crippen MR) is 120 cm³/mol. The van der Waals surface area contributed by atoms with Crippen molar-refractivity contribution in [3.8, 4) is 22.7 Å². The van der Waals surface area contributed by atoms with E-state index < -0.39 is 8.07 Å². The summed E-state index contributed by atoms with van der Waals surface area (Å²) in [5, 5.41) is 1.33. The van der Waals surface area contributed by atoms with E-state index in [1.807, 2.05) is 14.0 Å². The van der Waals surface area contributed by atoms with E-state index in [1.165, 1.54) is 5.56 Å². The summed E-state index contributed by atoms with van der Waals surface area (Å²) in [6, 6.07) is 4.28. The lowest BCUT2D eigenvalue weighted by Crippen LogP contribution is -2.35. The molecule has 0 radical (unpaired) electrons. The van der Waals surface area contributed by atoms with Gasteiger partial charge in [-0.05, 0) is 43.5 Å². The Kier molecular flexibility index (Phi) is 4.97. The Morgan fingerprint density at radius 1 is 1.00 bits per heavy atom. The molecule has 0 saturated carbocycles. The van der Waals surface area contributed by atoms with Gasteiger partial charge in [-0.15, -0.1) is 5.54 Å². The Hall–Kier alpha value is -2.45. The third-order valence-electron chi connectivity index (χ3n) is 6.05. The molecule has 0 unspecified atom stereocenters. The smallest absolute Gasteiger partial charge is 0.143 e. The molecule has 0 spiro atoms. The summed E-state index contributed by atoms with van der Waals surface area (Å²) in [5.41, 5.74) is 10.8. The summed E-state index contributed by atoms with van der Waals surface area (Å²) < 4.78 is 2.13. The number of aryl methyl sites for hydroxylation is 4. The maximum Gasteiger partial charge on any atom is 0.143 e. The van der Waals surface area contributed by atoms with E-state index in [4.69, 9.17) is 4.98 Å². The standard InChI is InChI=1S/C23H30N4Si/c1-15-12-18(10-11-28(8,9)23(4,5)6)26-17(3)21(15)20-13-19-16(2)24-14-25-22(19)27(20)7/h12-14H,1-9H3. The van der Waals surface area contributed by atoms with E-state index in [0.717, 1.165) is 39.4 Å². The molecule has 0 atom stereocenters. The van der Waals surface area contributed by atoms with Gasteiger partial charge in [0.1, 0.15) is 25.7 Å². The summed E-state index contributed by atoms with van der Waals surface area (Å²) in [7, 11) is 0.392. The van der Waals surface area contributed by atoms with Crippen LogP contribution in [0.1, 0.15) is 43.4 Å². The van der Waals surface area contributed by atoms with Gasteiger partial charge in [-0.3, -0.25) is 0 Å². The first-order valence-electron chi connectivity index (χ1n) is 9.71. The molecule has 0 aliphatic rings. The number of hydrogen-bond donors (Lipinski definition) is 0. The highest BCUT2D eigenvalue weighted by atomic mass is 28.3. The van der Waals surface area contributed by atoms with Gasteiger partial charge in [0.15, 0.2) is 0 Å². The molecule has 3 heterocycles. The minimum absolute atomic E-state index is 0.242. The lowest BCUT2D eigenvalue weighted by Gasteiger charge is -2.31. The Morgan fingerprint density at radius 2 is 1.68 bits per heavy atom. The highest BCUT2D eigenvalue weighted by molar-refractivity contribution is 6.87. The molecule has 0 aromatic carbocycles. The van der Waals surface area contributed by atoms with Gasteiger partial charge in [-0.2, -0.15) is 0 Å². The Morgan fingerprint density at radius 3 is 2.25 bits per heavy atom. The van der Waals surface area contributed by atoms with Crippen LogP contribution in [-0.2, 0) is 7.05 Å². The number of hydrogen-bond acceptors (Lipinski definition) is 3. The van der Waals surface area contributed by atoms with Gasteiger partial charge < -0.3 is 4.57 Å². The Bertz CT molecular complexity index is 1100. The van der Waals surface area contributed by atoms with Crippen LogP contribution in [0, 0.1) is 32.2 Å². The van der Waals surface area contributed by atoms with Crippen molar-refractivity contribution in [3.63, 3.8) is 0 Å². The number of fused-ring (bicyclic) bond motifs is 1. The molecule has 0 amide bonds. The molecule has 146 valence electrons.